The van der Waals surface area contributed by atoms with E-state index in [1.165, 1.54) is 6.08 Å². The fraction of sp³-hybridized carbons (Fsp3) is 0.433. The monoisotopic (exact) mass is 600 g/mol. The zero-order valence-electron chi connectivity index (χ0n) is 23.6. The highest BCUT2D eigenvalue weighted by molar-refractivity contribution is 6.41. The predicted octanol–water partition coefficient (Wildman–Crippen LogP) is 5.81. The van der Waals surface area contributed by atoms with Crippen molar-refractivity contribution in [3.8, 4) is 22.8 Å². The van der Waals surface area contributed by atoms with Crippen molar-refractivity contribution in [3.05, 3.63) is 47.1 Å². The number of rotatable bonds is 10. The van der Waals surface area contributed by atoms with E-state index >= 15 is 0 Å². The van der Waals surface area contributed by atoms with Crippen molar-refractivity contribution < 1.29 is 23.7 Å². The Kier molecular flexibility index (Phi) is 8.61. The highest BCUT2D eigenvalue weighted by Crippen LogP contribution is 2.47. The minimum atomic E-state index is -0.307. The second-order valence-electron chi connectivity index (χ2n) is 10.7. The van der Waals surface area contributed by atoms with E-state index in [2.05, 4.69) is 23.7 Å². The zero-order chi connectivity index (χ0) is 29.3. The summed E-state index contributed by atoms with van der Waals surface area (Å²) in [5, 5.41) is 5.93. The molecule has 0 radical (unpaired) electrons. The first-order valence-electron chi connectivity index (χ1n) is 13.4. The van der Waals surface area contributed by atoms with E-state index in [0.29, 0.717) is 64.8 Å². The van der Waals surface area contributed by atoms with Gasteiger partial charge in [-0.3, -0.25) is 4.79 Å². The van der Waals surface area contributed by atoms with Crippen molar-refractivity contribution in [2.45, 2.75) is 31.4 Å². The first-order valence-corrected chi connectivity index (χ1v) is 14.2. The molecule has 1 aromatic carbocycles. The minimum Gasteiger partial charge on any atom is -0.495 e. The van der Waals surface area contributed by atoms with Gasteiger partial charge in [-0.1, -0.05) is 29.8 Å². The van der Waals surface area contributed by atoms with Crippen molar-refractivity contribution in [3.63, 3.8) is 0 Å². The molecule has 1 N–H and O–H groups in total. The van der Waals surface area contributed by atoms with Gasteiger partial charge in [0.2, 0.25) is 0 Å². The van der Waals surface area contributed by atoms with Gasteiger partial charge in [-0.2, -0.15) is 0 Å². The topological polar surface area (TPSA) is 95.0 Å². The van der Waals surface area contributed by atoms with E-state index in [0.717, 1.165) is 29.6 Å². The summed E-state index contributed by atoms with van der Waals surface area (Å²) in [6, 6.07) is 5.51. The van der Waals surface area contributed by atoms with E-state index in [1.54, 1.807) is 33.6 Å². The lowest BCUT2D eigenvalue weighted by Crippen LogP contribution is -2.32. The number of nitrogens with one attached hydrogen (secondary N) is 1. The molecular formula is C30H34Cl2N4O5. The van der Waals surface area contributed by atoms with Crippen LogP contribution in [0, 0.1) is 5.92 Å². The van der Waals surface area contributed by atoms with Gasteiger partial charge in [0, 0.05) is 61.1 Å². The maximum atomic E-state index is 12.0. The minimum absolute atomic E-state index is 0.000457. The van der Waals surface area contributed by atoms with Crippen LogP contribution in [0.1, 0.15) is 19.8 Å². The molecule has 2 saturated heterocycles. The molecule has 0 amide bonds. The van der Waals surface area contributed by atoms with Gasteiger partial charge in [-0.25, -0.2) is 9.97 Å². The van der Waals surface area contributed by atoms with E-state index in [-0.39, 0.29) is 23.3 Å². The van der Waals surface area contributed by atoms with Crippen molar-refractivity contribution in [2.75, 3.05) is 57.8 Å². The Morgan fingerprint density at radius 1 is 1.20 bits per heavy atom. The fourth-order valence-corrected chi connectivity index (χ4v) is 6.15. The van der Waals surface area contributed by atoms with Gasteiger partial charge in [0.1, 0.15) is 23.1 Å². The number of hydrogen-bond donors (Lipinski definition) is 1. The van der Waals surface area contributed by atoms with Crippen LogP contribution in [0.2, 0.25) is 10.0 Å². The third kappa shape index (κ3) is 5.81. The highest BCUT2D eigenvalue weighted by atomic mass is 35.5. The predicted molar refractivity (Wildman–Crippen MR) is 162 cm³/mol. The number of hydrogen-bond acceptors (Lipinski definition) is 9. The number of nitrogens with zero attached hydrogens (tertiary/aromatic N) is 3. The molecule has 41 heavy (non-hydrogen) atoms. The number of ketones is 1. The van der Waals surface area contributed by atoms with E-state index in [4.69, 9.17) is 52.1 Å². The zero-order valence-corrected chi connectivity index (χ0v) is 25.1. The van der Waals surface area contributed by atoms with Gasteiger partial charge in [-0.15, -0.1) is 0 Å². The smallest absolute Gasteiger partial charge is 0.155 e. The number of pyridine rings is 2. The molecule has 2 fully saturated rings. The van der Waals surface area contributed by atoms with Gasteiger partial charge < -0.3 is 29.2 Å². The maximum Gasteiger partial charge on any atom is 0.155 e. The number of anilines is 2. The van der Waals surface area contributed by atoms with Crippen LogP contribution < -0.4 is 19.7 Å². The fourth-order valence-electron chi connectivity index (χ4n) is 5.46. The average molecular weight is 602 g/mol. The summed E-state index contributed by atoms with van der Waals surface area (Å²) < 4.78 is 22.5. The number of carbonyl (C=O) groups excluding carboxylic acids is 1. The Morgan fingerprint density at radius 2 is 1.93 bits per heavy atom. The van der Waals surface area contributed by atoms with Crippen LogP contribution in [-0.4, -0.2) is 75.0 Å². The molecule has 218 valence electrons. The molecule has 0 bridgehead atoms. The number of allylic oxidation sites excluding steroid dienone is 1. The molecular weight excluding hydrogens is 567 g/mol. The van der Waals surface area contributed by atoms with Crippen LogP contribution in [0.4, 0.5) is 11.6 Å². The molecule has 1 unspecified atom stereocenters. The molecule has 2 aliphatic heterocycles. The molecule has 2 aromatic heterocycles. The summed E-state index contributed by atoms with van der Waals surface area (Å²) >= 11 is 13.6. The first kappa shape index (κ1) is 29.4. The second kappa shape index (κ2) is 12.0. The molecule has 9 nitrogen and oxygen atoms in total. The molecule has 0 aliphatic carbocycles. The normalized spacial score (nSPS) is 22.2. The number of fused-ring (bicyclic) bond motifs is 1. The maximum absolute atomic E-state index is 12.0. The van der Waals surface area contributed by atoms with Gasteiger partial charge in [0.15, 0.2) is 5.78 Å². The average Bonchev–Trinajstić information content (AvgIpc) is 3.59. The van der Waals surface area contributed by atoms with Crippen molar-refractivity contribution in [2.24, 2.45) is 5.92 Å². The Hall–Kier alpha value is -3.11. The quantitative estimate of drug-likeness (QED) is 0.289. The summed E-state index contributed by atoms with van der Waals surface area (Å²) in [4.78, 5) is 24.0. The summed E-state index contributed by atoms with van der Waals surface area (Å²) in [7, 11) is 4.81. The SMILES string of the molecule is C=CC(=O)C[C@H]1COC[C@H]1Nc1cc2c(N3CCC(C)(OC)C3)nc(-c3c(Cl)c(OC)cc(OC)c3Cl)cc2cn1. The van der Waals surface area contributed by atoms with E-state index in [1.807, 2.05) is 12.1 Å². The Morgan fingerprint density at radius 3 is 2.56 bits per heavy atom. The van der Waals surface area contributed by atoms with Gasteiger partial charge >= 0.3 is 0 Å². The number of benzene rings is 1. The number of methoxy groups -OCH3 is 3. The van der Waals surface area contributed by atoms with Gasteiger partial charge in [-0.05, 0) is 31.6 Å². The lowest BCUT2D eigenvalue weighted by molar-refractivity contribution is -0.115. The van der Waals surface area contributed by atoms with Crippen LogP contribution in [0.5, 0.6) is 11.5 Å². The van der Waals surface area contributed by atoms with Crippen LogP contribution in [0.15, 0.2) is 37.1 Å². The van der Waals surface area contributed by atoms with Crippen LogP contribution >= 0.6 is 23.2 Å². The first-order chi connectivity index (χ1) is 19.7. The van der Waals surface area contributed by atoms with Gasteiger partial charge in [0.25, 0.3) is 0 Å². The molecule has 4 heterocycles. The molecule has 2 aliphatic rings. The Bertz CT molecular complexity index is 1460. The number of halogens is 2. The Labute approximate surface area is 249 Å². The lowest BCUT2D eigenvalue weighted by Gasteiger charge is -2.25. The van der Waals surface area contributed by atoms with Crippen LogP contribution in [0.3, 0.4) is 0 Å². The lowest BCUT2D eigenvalue weighted by atomic mass is 9.97. The highest BCUT2D eigenvalue weighted by Gasteiger charge is 2.36. The molecule has 3 atom stereocenters. The van der Waals surface area contributed by atoms with Crippen molar-refractivity contribution >= 4 is 51.4 Å². The molecule has 0 saturated carbocycles. The molecule has 0 spiro atoms. The summed E-state index contributed by atoms with van der Waals surface area (Å²) in [6.07, 6.45) is 4.39. The molecule has 11 heteroatoms. The summed E-state index contributed by atoms with van der Waals surface area (Å²) in [5.74, 6) is 2.33. The standard InChI is InChI=1S/C30H34Cl2N4O5/c1-6-19(37)9-18-14-41-15-22(18)34-25-11-20-17(13-33-25)10-21(35-29(20)36-8-7-30(2,16-36)40-5)26-27(31)23(38-3)12-24(39-4)28(26)32/h6,10-13,18,22H,1,7-9,14-16H2,2-5H3,(H,33,34)/t18-,22+,30?/m0/s1. The largest absolute Gasteiger partial charge is 0.495 e. The van der Waals surface area contributed by atoms with Crippen LogP contribution in [-0.2, 0) is 14.3 Å². The summed E-state index contributed by atoms with van der Waals surface area (Å²) in [5.41, 5.74) is 0.778. The van der Waals surface area contributed by atoms with Crippen molar-refractivity contribution in [1.29, 1.82) is 0 Å². The number of aromatic nitrogens is 2. The summed E-state index contributed by atoms with van der Waals surface area (Å²) in [6.45, 7) is 8.11. The third-order valence-electron chi connectivity index (χ3n) is 7.97. The van der Waals surface area contributed by atoms with Gasteiger partial charge in [0.05, 0.1) is 54.8 Å². The Balaban J connectivity index is 1.61. The third-order valence-corrected chi connectivity index (χ3v) is 8.73. The van der Waals surface area contributed by atoms with E-state index in [9.17, 15) is 4.79 Å². The molecule has 3 aromatic rings. The number of carbonyl (C=O) groups is 1. The van der Waals surface area contributed by atoms with Crippen LogP contribution in [0.25, 0.3) is 22.0 Å². The number of ether oxygens (including phenoxy) is 4. The molecule has 5 rings (SSSR count). The second-order valence-corrected chi connectivity index (χ2v) is 11.4. The van der Waals surface area contributed by atoms with Crippen molar-refractivity contribution in [1.82, 2.24) is 9.97 Å². The van der Waals surface area contributed by atoms with E-state index < -0.39 is 0 Å².